The van der Waals surface area contributed by atoms with E-state index in [1.807, 2.05) is 13.0 Å². The van der Waals surface area contributed by atoms with E-state index in [1.165, 1.54) is 38.8 Å². The van der Waals surface area contributed by atoms with Crippen LogP contribution >= 0.6 is 0 Å². The van der Waals surface area contributed by atoms with Crippen molar-refractivity contribution in [1.29, 1.82) is 0 Å². The third kappa shape index (κ3) is 3.59. The largest absolute Gasteiger partial charge is 0.465 e. The lowest BCUT2D eigenvalue weighted by Gasteiger charge is -2.38. The highest BCUT2D eigenvalue weighted by Crippen LogP contribution is 2.33. The van der Waals surface area contributed by atoms with E-state index in [4.69, 9.17) is 4.42 Å². The average Bonchev–Trinajstić information content (AvgIpc) is 2.77. The molecule has 2 rings (SSSR count). The Balaban J connectivity index is 1.82. The van der Waals surface area contributed by atoms with Crippen LogP contribution in [0.25, 0.3) is 0 Å². The first-order valence-electron chi connectivity index (χ1n) is 7.21. The van der Waals surface area contributed by atoms with Gasteiger partial charge in [0.2, 0.25) is 0 Å². The van der Waals surface area contributed by atoms with Crippen LogP contribution < -0.4 is 10.6 Å². The van der Waals surface area contributed by atoms with Crippen LogP contribution in [0.1, 0.15) is 44.1 Å². The number of aryl methyl sites for hydroxylation is 1. The Kier molecular flexibility index (Phi) is 4.84. The molecule has 2 heterocycles. The molecule has 0 radical (unpaired) electrons. The smallest absolute Gasteiger partial charge is 0.117 e. The fourth-order valence-electron chi connectivity index (χ4n) is 3.03. The van der Waals surface area contributed by atoms with Gasteiger partial charge in [0.05, 0.1) is 6.54 Å². The van der Waals surface area contributed by atoms with Crippen molar-refractivity contribution in [3.8, 4) is 0 Å². The zero-order valence-corrected chi connectivity index (χ0v) is 11.7. The topological polar surface area (TPSA) is 37.2 Å². The van der Waals surface area contributed by atoms with Gasteiger partial charge in [-0.05, 0) is 56.8 Å². The lowest BCUT2D eigenvalue weighted by molar-refractivity contribution is 0.174. The van der Waals surface area contributed by atoms with Crippen molar-refractivity contribution in [2.75, 3.05) is 19.6 Å². The van der Waals surface area contributed by atoms with Crippen LogP contribution in [0.5, 0.6) is 0 Å². The normalized spacial score (nSPS) is 19.0. The van der Waals surface area contributed by atoms with Crippen LogP contribution in [0.15, 0.2) is 16.5 Å². The molecule has 0 bridgehead atoms. The molecular formula is C15H26N2O. The third-order valence-electron chi connectivity index (χ3n) is 4.04. The van der Waals surface area contributed by atoms with Crippen molar-refractivity contribution in [2.45, 2.75) is 46.1 Å². The van der Waals surface area contributed by atoms with Crippen molar-refractivity contribution in [3.05, 3.63) is 23.7 Å². The predicted octanol–water partition coefficient (Wildman–Crippen LogP) is 2.85. The number of rotatable bonds is 6. The maximum absolute atomic E-state index is 5.59. The van der Waals surface area contributed by atoms with E-state index >= 15 is 0 Å². The molecule has 1 aromatic heterocycles. The van der Waals surface area contributed by atoms with E-state index in [0.717, 1.165) is 24.6 Å². The summed E-state index contributed by atoms with van der Waals surface area (Å²) in [5.74, 6) is 2.05. The third-order valence-corrected chi connectivity index (χ3v) is 4.04. The fourth-order valence-corrected chi connectivity index (χ4v) is 3.03. The zero-order chi connectivity index (χ0) is 12.8. The maximum atomic E-state index is 5.59. The quantitative estimate of drug-likeness (QED) is 0.815. The predicted molar refractivity (Wildman–Crippen MR) is 74.6 cm³/mol. The van der Waals surface area contributed by atoms with Crippen molar-refractivity contribution in [2.24, 2.45) is 5.41 Å². The van der Waals surface area contributed by atoms with Crippen LogP contribution in [0, 0.1) is 12.3 Å². The fraction of sp³-hybridized carbons (Fsp3) is 0.733. The first-order valence-corrected chi connectivity index (χ1v) is 7.21. The van der Waals surface area contributed by atoms with Gasteiger partial charge in [0.15, 0.2) is 0 Å². The molecule has 0 amide bonds. The average molecular weight is 250 g/mol. The highest BCUT2D eigenvalue weighted by Gasteiger charge is 2.30. The molecular weight excluding hydrogens is 224 g/mol. The summed E-state index contributed by atoms with van der Waals surface area (Å²) in [5, 5.41) is 7.05. The van der Waals surface area contributed by atoms with Gasteiger partial charge in [-0.1, -0.05) is 13.3 Å². The van der Waals surface area contributed by atoms with Gasteiger partial charge in [-0.2, -0.15) is 0 Å². The van der Waals surface area contributed by atoms with E-state index in [2.05, 4.69) is 23.6 Å². The number of nitrogens with one attached hydrogen (secondary N) is 2. The van der Waals surface area contributed by atoms with Gasteiger partial charge in [-0.3, -0.25) is 0 Å². The summed E-state index contributed by atoms with van der Waals surface area (Å²) in [6, 6.07) is 4.10. The molecule has 1 aliphatic heterocycles. The molecule has 0 atom stereocenters. The number of hydrogen-bond acceptors (Lipinski definition) is 3. The Bertz CT molecular complexity index is 348. The summed E-state index contributed by atoms with van der Waals surface area (Å²) in [7, 11) is 0. The summed E-state index contributed by atoms with van der Waals surface area (Å²) in [6.45, 7) is 8.59. The highest BCUT2D eigenvalue weighted by atomic mass is 16.3. The molecule has 3 nitrogen and oxygen atoms in total. The van der Waals surface area contributed by atoms with Crippen molar-refractivity contribution >= 4 is 0 Å². The van der Waals surface area contributed by atoms with Crippen molar-refractivity contribution in [1.82, 2.24) is 10.6 Å². The van der Waals surface area contributed by atoms with Gasteiger partial charge in [0.25, 0.3) is 0 Å². The summed E-state index contributed by atoms with van der Waals surface area (Å²) in [6.07, 6.45) is 5.20. The lowest BCUT2D eigenvalue weighted by atomic mass is 9.75. The number of piperidine rings is 1. The van der Waals surface area contributed by atoms with Crippen LogP contribution in [0.2, 0.25) is 0 Å². The Labute approximate surface area is 110 Å². The van der Waals surface area contributed by atoms with Crippen LogP contribution in [-0.4, -0.2) is 19.6 Å². The van der Waals surface area contributed by atoms with E-state index in [0.29, 0.717) is 5.41 Å². The molecule has 1 aromatic rings. The van der Waals surface area contributed by atoms with Gasteiger partial charge >= 0.3 is 0 Å². The molecule has 1 aliphatic rings. The second kappa shape index (κ2) is 6.39. The van der Waals surface area contributed by atoms with Gasteiger partial charge < -0.3 is 15.1 Å². The van der Waals surface area contributed by atoms with Crippen molar-refractivity contribution in [3.63, 3.8) is 0 Å². The van der Waals surface area contributed by atoms with E-state index < -0.39 is 0 Å². The molecule has 1 saturated heterocycles. The zero-order valence-electron chi connectivity index (χ0n) is 11.7. The Morgan fingerprint density at radius 3 is 2.72 bits per heavy atom. The molecule has 0 spiro atoms. The Morgan fingerprint density at radius 1 is 1.33 bits per heavy atom. The second-order valence-electron chi connectivity index (χ2n) is 5.62. The minimum atomic E-state index is 0.502. The molecule has 0 unspecified atom stereocenters. The molecule has 0 aromatic carbocycles. The molecule has 0 aliphatic carbocycles. The van der Waals surface area contributed by atoms with Gasteiger partial charge in [-0.25, -0.2) is 0 Å². The van der Waals surface area contributed by atoms with Gasteiger partial charge in [0.1, 0.15) is 11.5 Å². The standard InChI is InChI=1S/C15H26N2O/c1-3-6-15(7-9-16-10-8-15)12-17-11-14-5-4-13(2)18-14/h4-5,16-17H,3,6-12H2,1-2H3. The SMILES string of the molecule is CCCC1(CNCc2ccc(C)o2)CCNCC1. The summed E-state index contributed by atoms with van der Waals surface area (Å²) < 4.78 is 5.59. The number of hydrogen-bond donors (Lipinski definition) is 2. The minimum absolute atomic E-state index is 0.502. The van der Waals surface area contributed by atoms with Crippen LogP contribution in [0.3, 0.4) is 0 Å². The number of furan rings is 1. The summed E-state index contributed by atoms with van der Waals surface area (Å²) in [5.41, 5.74) is 0.502. The first-order chi connectivity index (χ1) is 8.74. The molecule has 0 saturated carbocycles. The monoisotopic (exact) mass is 250 g/mol. The van der Waals surface area contributed by atoms with Crippen LogP contribution in [0.4, 0.5) is 0 Å². The minimum Gasteiger partial charge on any atom is -0.465 e. The van der Waals surface area contributed by atoms with E-state index in [-0.39, 0.29) is 0 Å². The first kappa shape index (κ1) is 13.6. The lowest BCUT2D eigenvalue weighted by Crippen LogP contribution is -2.43. The Morgan fingerprint density at radius 2 is 2.11 bits per heavy atom. The van der Waals surface area contributed by atoms with Gasteiger partial charge in [0, 0.05) is 6.54 Å². The van der Waals surface area contributed by atoms with Crippen molar-refractivity contribution < 1.29 is 4.42 Å². The second-order valence-corrected chi connectivity index (χ2v) is 5.62. The molecule has 102 valence electrons. The van der Waals surface area contributed by atoms with E-state index in [1.54, 1.807) is 0 Å². The van der Waals surface area contributed by atoms with Crippen LogP contribution in [-0.2, 0) is 6.54 Å². The van der Waals surface area contributed by atoms with E-state index in [9.17, 15) is 0 Å². The summed E-state index contributed by atoms with van der Waals surface area (Å²) in [4.78, 5) is 0. The Hall–Kier alpha value is -0.800. The highest BCUT2D eigenvalue weighted by molar-refractivity contribution is 5.05. The molecule has 1 fully saturated rings. The molecule has 2 N–H and O–H groups in total. The molecule has 3 heteroatoms. The van der Waals surface area contributed by atoms with Gasteiger partial charge in [-0.15, -0.1) is 0 Å². The maximum Gasteiger partial charge on any atom is 0.117 e. The summed E-state index contributed by atoms with van der Waals surface area (Å²) >= 11 is 0. The molecule has 18 heavy (non-hydrogen) atoms.